The maximum Gasteiger partial charge on any atom is 0.231 e. The van der Waals surface area contributed by atoms with Crippen molar-refractivity contribution in [2.24, 2.45) is 4.99 Å². The van der Waals surface area contributed by atoms with Crippen molar-refractivity contribution in [3.05, 3.63) is 53.6 Å². The molecule has 2 aromatic rings. The van der Waals surface area contributed by atoms with Crippen LogP contribution < -0.4 is 24.8 Å². The molecule has 0 amide bonds. The Bertz CT molecular complexity index is 790. The summed E-state index contributed by atoms with van der Waals surface area (Å²) in [5, 5.41) is 6.67. The zero-order valence-corrected chi connectivity index (χ0v) is 16.1. The molecule has 0 spiro atoms. The van der Waals surface area contributed by atoms with Gasteiger partial charge in [-0.15, -0.1) is 0 Å². The molecule has 2 aromatic carbocycles. The van der Waals surface area contributed by atoms with Crippen LogP contribution in [0.3, 0.4) is 0 Å². The van der Waals surface area contributed by atoms with Gasteiger partial charge in [0.05, 0.1) is 6.10 Å². The second-order valence-electron chi connectivity index (χ2n) is 6.60. The number of fused-ring (bicyclic) bond motifs is 1. The predicted octanol–water partition coefficient (Wildman–Crippen LogP) is 3.11. The average molecular weight is 369 g/mol. The van der Waals surface area contributed by atoms with Gasteiger partial charge < -0.3 is 24.8 Å². The number of nitrogens with zero attached hydrogens (tertiary/aromatic N) is 1. The summed E-state index contributed by atoms with van der Waals surface area (Å²) in [6, 6.07) is 14.1. The topological polar surface area (TPSA) is 64.1 Å². The average Bonchev–Trinajstić information content (AvgIpc) is 3.12. The summed E-state index contributed by atoms with van der Waals surface area (Å²) in [6.07, 6.45) is 1.04. The Hall–Kier alpha value is -2.89. The number of guanidine groups is 1. The van der Waals surface area contributed by atoms with Crippen molar-refractivity contribution in [3.8, 4) is 17.2 Å². The molecule has 1 heterocycles. The van der Waals surface area contributed by atoms with E-state index in [9.17, 15) is 0 Å². The number of ether oxygens (including phenoxy) is 3. The van der Waals surface area contributed by atoms with Crippen LogP contribution in [0.15, 0.2) is 47.5 Å². The Kier molecular flexibility index (Phi) is 6.41. The van der Waals surface area contributed by atoms with Crippen LogP contribution >= 0.6 is 0 Å². The number of aliphatic imine (C=N–C) groups is 1. The Morgan fingerprint density at radius 3 is 2.74 bits per heavy atom. The van der Waals surface area contributed by atoms with Crippen molar-refractivity contribution in [3.63, 3.8) is 0 Å². The van der Waals surface area contributed by atoms with Crippen LogP contribution in [0.5, 0.6) is 17.2 Å². The lowest BCUT2D eigenvalue weighted by Gasteiger charge is -2.14. The van der Waals surface area contributed by atoms with Gasteiger partial charge in [-0.05, 0) is 55.7 Å². The second kappa shape index (κ2) is 9.16. The lowest BCUT2D eigenvalue weighted by atomic mass is 10.1. The molecular weight excluding hydrogens is 342 g/mol. The van der Waals surface area contributed by atoms with E-state index in [1.165, 1.54) is 5.56 Å². The number of rotatable bonds is 7. The van der Waals surface area contributed by atoms with E-state index >= 15 is 0 Å². The molecule has 0 atom stereocenters. The molecule has 144 valence electrons. The number of hydrogen-bond acceptors (Lipinski definition) is 4. The Balaban J connectivity index is 1.45. The molecule has 6 nitrogen and oxygen atoms in total. The van der Waals surface area contributed by atoms with E-state index in [1.54, 1.807) is 7.05 Å². The van der Waals surface area contributed by atoms with Gasteiger partial charge in [0, 0.05) is 20.1 Å². The summed E-state index contributed by atoms with van der Waals surface area (Å²) in [6.45, 7) is 5.81. The number of benzene rings is 2. The molecule has 0 bridgehead atoms. The third-order valence-corrected chi connectivity index (χ3v) is 4.10. The zero-order chi connectivity index (χ0) is 19.1. The summed E-state index contributed by atoms with van der Waals surface area (Å²) in [7, 11) is 1.77. The van der Waals surface area contributed by atoms with Gasteiger partial charge >= 0.3 is 0 Å². The molecular formula is C21H27N3O3. The third kappa shape index (κ3) is 5.54. The van der Waals surface area contributed by atoms with Crippen LogP contribution in [0.4, 0.5) is 0 Å². The highest BCUT2D eigenvalue weighted by molar-refractivity contribution is 5.79. The van der Waals surface area contributed by atoms with E-state index in [-0.39, 0.29) is 6.10 Å². The van der Waals surface area contributed by atoms with E-state index < -0.39 is 0 Å². The monoisotopic (exact) mass is 369 g/mol. The van der Waals surface area contributed by atoms with Crippen LogP contribution in [0.1, 0.15) is 25.0 Å². The van der Waals surface area contributed by atoms with Crippen LogP contribution in [0.2, 0.25) is 0 Å². The zero-order valence-electron chi connectivity index (χ0n) is 16.1. The van der Waals surface area contributed by atoms with Gasteiger partial charge in [0.15, 0.2) is 17.5 Å². The molecule has 1 aliphatic heterocycles. The summed E-state index contributed by atoms with van der Waals surface area (Å²) in [4.78, 5) is 4.28. The summed E-state index contributed by atoms with van der Waals surface area (Å²) < 4.78 is 16.5. The molecule has 0 saturated carbocycles. The summed E-state index contributed by atoms with van der Waals surface area (Å²) >= 11 is 0. The predicted molar refractivity (Wildman–Crippen MR) is 107 cm³/mol. The Morgan fingerprint density at radius 1 is 1.07 bits per heavy atom. The fourth-order valence-electron chi connectivity index (χ4n) is 2.83. The third-order valence-electron chi connectivity index (χ3n) is 4.10. The van der Waals surface area contributed by atoms with Crippen molar-refractivity contribution >= 4 is 5.96 Å². The first-order valence-electron chi connectivity index (χ1n) is 9.22. The molecule has 0 fully saturated rings. The highest BCUT2D eigenvalue weighted by Crippen LogP contribution is 2.32. The van der Waals surface area contributed by atoms with Gasteiger partial charge in [0.25, 0.3) is 0 Å². The minimum atomic E-state index is 0.166. The maximum absolute atomic E-state index is 5.74. The van der Waals surface area contributed by atoms with Gasteiger partial charge in [-0.25, -0.2) is 0 Å². The summed E-state index contributed by atoms with van der Waals surface area (Å²) in [5.41, 5.74) is 2.34. The van der Waals surface area contributed by atoms with Gasteiger partial charge in [-0.1, -0.05) is 18.2 Å². The number of hydrogen-bond donors (Lipinski definition) is 2. The van der Waals surface area contributed by atoms with E-state index in [0.717, 1.165) is 41.7 Å². The molecule has 1 aliphatic rings. The first-order chi connectivity index (χ1) is 13.1. The minimum absolute atomic E-state index is 0.166. The van der Waals surface area contributed by atoms with Gasteiger partial charge in [-0.2, -0.15) is 0 Å². The van der Waals surface area contributed by atoms with Crippen LogP contribution in [-0.4, -0.2) is 32.4 Å². The molecule has 0 aromatic heterocycles. The van der Waals surface area contributed by atoms with Crippen molar-refractivity contribution in [1.29, 1.82) is 0 Å². The second-order valence-corrected chi connectivity index (χ2v) is 6.60. The standard InChI is InChI=1S/C21H27N3O3/c1-15(2)27-18-6-4-5-17(11-18)13-24-21(22-3)23-10-9-16-7-8-19-20(12-16)26-14-25-19/h4-8,11-12,15H,9-10,13-14H2,1-3H3,(H2,22,23,24). The molecule has 0 radical (unpaired) electrons. The normalized spacial score (nSPS) is 13.0. The van der Waals surface area contributed by atoms with Crippen molar-refractivity contribution in [2.45, 2.75) is 32.9 Å². The SMILES string of the molecule is CN=C(NCCc1ccc2c(c1)OCO2)NCc1cccc(OC(C)C)c1. The lowest BCUT2D eigenvalue weighted by molar-refractivity contribution is 0.174. The van der Waals surface area contributed by atoms with E-state index in [1.807, 2.05) is 44.2 Å². The van der Waals surface area contributed by atoms with Crippen LogP contribution in [-0.2, 0) is 13.0 Å². The van der Waals surface area contributed by atoms with E-state index in [4.69, 9.17) is 14.2 Å². The molecule has 0 unspecified atom stereocenters. The first kappa shape index (κ1) is 18.9. The first-order valence-corrected chi connectivity index (χ1v) is 9.22. The van der Waals surface area contributed by atoms with Crippen molar-refractivity contribution < 1.29 is 14.2 Å². The largest absolute Gasteiger partial charge is 0.491 e. The molecule has 0 aliphatic carbocycles. The van der Waals surface area contributed by atoms with Gasteiger partial charge in [0.2, 0.25) is 6.79 Å². The highest BCUT2D eigenvalue weighted by Gasteiger charge is 2.13. The van der Waals surface area contributed by atoms with E-state index in [0.29, 0.717) is 13.3 Å². The highest BCUT2D eigenvalue weighted by atomic mass is 16.7. The molecule has 0 saturated heterocycles. The molecule has 6 heteroatoms. The minimum Gasteiger partial charge on any atom is -0.491 e. The van der Waals surface area contributed by atoms with Crippen molar-refractivity contribution in [2.75, 3.05) is 20.4 Å². The fourth-order valence-corrected chi connectivity index (χ4v) is 2.83. The lowest BCUT2D eigenvalue weighted by Crippen LogP contribution is -2.37. The molecule has 3 rings (SSSR count). The Labute approximate surface area is 160 Å². The van der Waals surface area contributed by atoms with Gasteiger partial charge in [-0.3, -0.25) is 4.99 Å². The fraction of sp³-hybridized carbons (Fsp3) is 0.381. The van der Waals surface area contributed by atoms with Crippen molar-refractivity contribution in [1.82, 2.24) is 10.6 Å². The van der Waals surface area contributed by atoms with E-state index in [2.05, 4.69) is 27.8 Å². The maximum atomic E-state index is 5.74. The smallest absolute Gasteiger partial charge is 0.231 e. The van der Waals surface area contributed by atoms with Crippen LogP contribution in [0.25, 0.3) is 0 Å². The quantitative estimate of drug-likeness (QED) is 0.580. The summed E-state index contributed by atoms with van der Waals surface area (Å²) in [5.74, 6) is 3.28. The molecule has 2 N–H and O–H groups in total. The number of nitrogens with one attached hydrogen (secondary N) is 2. The van der Waals surface area contributed by atoms with Crippen LogP contribution in [0, 0.1) is 0 Å². The Morgan fingerprint density at radius 2 is 1.93 bits per heavy atom. The van der Waals surface area contributed by atoms with Gasteiger partial charge in [0.1, 0.15) is 5.75 Å². The molecule has 27 heavy (non-hydrogen) atoms.